The number of carbonyl (C=O) groups is 1. The molecule has 0 aliphatic carbocycles. The summed E-state index contributed by atoms with van der Waals surface area (Å²) < 4.78 is 5.93. The van der Waals surface area contributed by atoms with Crippen molar-refractivity contribution in [3.8, 4) is 6.01 Å². The molecule has 0 unspecified atom stereocenters. The lowest BCUT2D eigenvalue weighted by Gasteiger charge is -2.31. The summed E-state index contributed by atoms with van der Waals surface area (Å²) in [6.45, 7) is 3.79. The van der Waals surface area contributed by atoms with Crippen molar-refractivity contribution in [2.24, 2.45) is 0 Å². The molecule has 124 valence electrons. The van der Waals surface area contributed by atoms with E-state index in [1.807, 2.05) is 0 Å². The van der Waals surface area contributed by atoms with Gasteiger partial charge in [0.25, 0.3) is 0 Å². The van der Waals surface area contributed by atoms with E-state index in [1.165, 1.54) is 43.7 Å². The minimum Gasteiger partial charge on any atom is -0.465 e. The van der Waals surface area contributed by atoms with Gasteiger partial charge >= 0.3 is 12.1 Å². The van der Waals surface area contributed by atoms with Crippen molar-refractivity contribution < 1.29 is 14.6 Å². The van der Waals surface area contributed by atoms with Crippen LogP contribution in [-0.4, -0.2) is 62.7 Å². The fraction of sp³-hybridized carbons (Fsp3) is 0.688. The van der Waals surface area contributed by atoms with E-state index in [0.29, 0.717) is 32.1 Å². The number of ether oxygens (including phenoxy) is 1. The van der Waals surface area contributed by atoms with E-state index in [2.05, 4.69) is 14.9 Å². The summed E-state index contributed by atoms with van der Waals surface area (Å²) in [6.07, 6.45) is 6.40. The van der Waals surface area contributed by atoms with Crippen LogP contribution in [0.5, 0.6) is 6.01 Å². The highest BCUT2D eigenvalue weighted by Crippen LogP contribution is 2.38. The molecule has 4 heterocycles. The molecule has 23 heavy (non-hydrogen) atoms. The Labute approximate surface area is 135 Å². The molecule has 1 N–H and O–H groups in total. The average molecular weight is 318 g/mol. The molecule has 2 saturated heterocycles. The Morgan fingerprint density at radius 2 is 2.09 bits per heavy atom. The van der Waals surface area contributed by atoms with Crippen LogP contribution in [0.15, 0.2) is 6.20 Å². The van der Waals surface area contributed by atoms with E-state index in [0.717, 1.165) is 11.3 Å². The third kappa shape index (κ3) is 2.63. The SMILES string of the molecule is O=C(O)N1CCc2cnc(OCC34CCCN3CCC4)nc2C1. The minimum absolute atomic E-state index is 0.173. The number of rotatable bonds is 3. The topological polar surface area (TPSA) is 78.8 Å². The van der Waals surface area contributed by atoms with Crippen molar-refractivity contribution in [1.82, 2.24) is 19.8 Å². The Morgan fingerprint density at radius 3 is 2.83 bits per heavy atom. The molecule has 1 amide bonds. The number of carboxylic acid groups (broad SMARTS) is 1. The van der Waals surface area contributed by atoms with Gasteiger partial charge in [0, 0.05) is 12.7 Å². The van der Waals surface area contributed by atoms with Crippen LogP contribution < -0.4 is 4.74 Å². The zero-order valence-electron chi connectivity index (χ0n) is 13.2. The Hall–Kier alpha value is -1.89. The van der Waals surface area contributed by atoms with Crippen LogP contribution in [0.2, 0.25) is 0 Å². The van der Waals surface area contributed by atoms with Gasteiger partial charge in [-0.05, 0) is 50.8 Å². The highest BCUT2D eigenvalue weighted by molar-refractivity contribution is 5.65. The van der Waals surface area contributed by atoms with Crippen LogP contribution >= 0.6 is 0 Å². The Kier molecular flexibility index (Phi) is 3.60. The van der Waals surface area contributed by atoms with Gasteiger partial charge in [-0.15, -0.1) is 0 Å². The summed E-state index contributed by atoms with van der Waals surface area (Å²) >= 11 is 0. The van der Waals surface area contributed by atoms with Crippen LogP contribution in [0.1, 0.15) is 36.9 Å². The van der Waals surface area contributed by atoms with Crippen LogP contribution in [0, 0.1) is 0 Å². The zero-order chi connectivity index (χ0) is 15.9. The minimum atomic E-state index is -0.900. The summed E-state index contributed by atoms with van der Waals surface area (Å²) in [5.41, 5.74) is 1.97. The molecule has 1 aromatic heterocycles. The highest BCUT2D eigenvalue weighted by Gasteiger charge is 2.45. The molecule has 0 aromatic carbocycles. The van der Waals surface area contributed by atoms with Crippen molar-refractivity contribution in [3.63, 3.8) is 0 Å². The molecule has 0 bridgehead atoms. The molecule has 0 atom stereocenters. The van der Waals surface area contributed by atoms with Crippen LogP contribution in [0.3, 0.4) is 0 Å². The molecule has 4 rings (SSSR count). The van der Waals surface area contributed by atoms with Crippen molar-refractivity contribution >= 4 is 6.09 Å². The summed E-state index contributed by atoms with van der Waals surface area (Å²) in [6, 6.07) is 0.379. The predicted octanol–water partition coefficient (Wildman–Crippen LogP) is 1.52. The number of aromatic nitrogens is 2. The Morgan fingerprint density at radius 1 is 1.30 bits per heavy atom. The molecule has 0 spiro atoms. The normalized spacial score (nSPS) is 22.7. The van der Waals surface area contributed by atoms with Gasteiger partial charge in [-0.2, -0.15) is 4.98 Å². The maximum absolute atomic E-state index is 11.1. The number of nitrogens with zero attached hydrogens (tertiary/aromatic N) is 4. The first kappa shape index (κ1) is 14.7. The molecule has 0 radical (unpaired) electrons. The Bertz CT molecular complexity index is 611. The fourth-order valence-electron chi connectivity index (χ4n) is 4.18. The zero-order valence-corrected chi connectivity index (χ0v) is 13.2. The molecule has 3 aliphatic heterocycles. The standard InChI is InChI=1S/C16H22N4O3/c21-15(22)19-8-3-12-9-17-14(18-13(12)10-19)23-11-16-4-1-6-20(16)7-2-5-16/h9H,1-8,10-11H2,(H,21,22). The van der Waals surface area contributed by atoms with E-state index in [-0.39, 0.29) is 5.54 Å². The second-order valence-corrected chi connectivity index (χ2v) is 6.79. The second-order valence-electron chi connectivity index (χ2n) is 6.79. The summed E-state index contributed by atoms with van der Waals surface area (Å²) in [7, 11) is 0. The molecule has 1 aromatic rings. The third-order valence-corrected chi connectivity index (χ3v) is 5.48. The van der Waals surface area contributed by atoms with Crippen molar-refractivity contribution in [2.45, 2.75) is 44.2 Å². The van der Waals surface area contributed by atoms with E-state index in [1.54, 1.807) is 6.20 Å². The smallest absolute Gasteiger partial charge is 0.407 e. The monoisotopic (exact) mass is 318 g/mol. The van der Waals surface area contributed by atoms with Crippen LogP contribution in [0.4, 0.5) is 4.79 Å². The quantitative estimate of drug-likeness (QED) is 0.910. The van der Waals surface area contributed by atoms with Gasteiger partial charge in [-0.3, -0.25) is 4.90 Å². The largest absolute Gasteiger partial charge is 0.465 e. The number of hydrogen-bond donors (Lipinski definition) is 1. The van der Waals surface area contributed by atoms with Crippen LogP contribution in [0.25, 0.3) is 0 Å². The van der Waals surface area contributed by atoms with Gasteiger partial charge < -0.3 is 14.7 Å². The van der Waals surface area contributed by atoms with E-state index in [4.69, 9.17) is 9.84 Å². The average Bonchev–Trinajstić information content (AvgIpc) is 3.12. The van der Waals surface area contributed by atoms with Gasteiger partial charge in [0.1, 0.15) is 6.61 Å². The van der Waals surface area contributed by atoms with Gasteiger partial charge in [0.15, 0.2) is 0 Å². The lowest BCUT2D eigenvalue weighted by Crippen LogP contribution is -2.43. The summed E-state index contributed by atoms with van der Waals surface area (Å²) in [4.78, 5) is 23.8. The second kappa shape index (κ2) is 5.63. The van der Waals surface area contributed by atoms with Crippen molar-refractivity contribution in [3.05, 3.63) is 17.5 Å². The van der Waals surface area contributed by atoms with E-state index < -0.39 is 6.09 Å². The molecule has 3 aliphatic rings. The molecular weight excluding hydrogens is 296 g/mol. The number of fused-ring (bicyclic) bond motifs is 2. The molecule has 7 nitrogen and oxygen atoms in total. The van der Waals surface area contributed by atoms with E-state index in [9.17, 15) is 4.79 Å². The molecule has 0 saturated carbocycles. The van der Waals surface area contributed by atoms with Gasteiger partial charge in [0.2, 0.25) is 0 Å². The number of hydrogen-bond acceptors (Lipinski definition) is 5. The fourth-order valence-corrected chi connectivity index (χ4v) is 4.18. The first-order valence-electron chi connectivity index (χ1n) is 8.37. The first-order valence-corrected chi connectivity index (χ1v) is 8.37. The van der Waals surface area contributed by atoms with Crippen molar-refractivity contribution in [2.75, 3.05) is 26.2 Å². The molecule has 2 fully saturated rings. The van der Waals surface area contributed by atoms with Gasteiger partial charge in [0.05, 0.1) is 17.8 Å². The van der Waals surface area contributed by atoms with Crippen molar-refractivity contribution in [1.29, 1.82) is 0 Å². The maximum Gasteiger partial charge on any atom is 0.407 e. The Balaban J connectivity index is 1.46. The number of amides is 1. The van der Waals surface area contributed by atoms with Gasteiger partial charge in [-0.1, -0.05) is 0 Å². The van der Waals surface area contributed by atoms with Crippen LogP contribution in [-0.2, 0) is 13.0 Å². The van der Waals surface area contributed by atoms with E-state index >= 15 is 0 Å². The molecule has 7 heteroatoms. The van der Waals surface area contributed by atoms with Gasteiger partial charge in [-0.25, -0.2) is 9.78 Å². The maximum atomic E-state index is 11.1. The lowest BCUT2D eigenvalue weighted by atomic mass is 9.95. The summed E-state index contributed by atoms with van der Waals surface area (Å²) in [5.74, 6) is 0. The first-order chi connectivity index (χ1) is 11.2. The predicted molar refractivity (Wildman–Crippen MR) is 82.4 cm³/mol. The summed E-state index contributed by atoms with van der Waals surface area (Å²) in [5, 5.41) is 9.13. The lowest BCUT2D eigenvalue weighted by molar-refractivity contribution is 0.106. The third-order valence-electron chi connectivity index (χ3n) is 5.48. The molecular formula is C16H22N4O3. The highest BCUT2D eigenvalue weighted by atomic mass is 16.5.